The highest BCUT2D eigenvalue weighted by molar-refractivity contribution is 5.92. The Morgan fingerprint density at radius 1 is 1.06 bits per heavy atom. The molecule has 0 bridgehead atoms. The van der Waals surface area contributed by atoms with Gasteiger partial charge in [0.1, 0.15) is 11.4 Å². The number of piperidine rings is 1. The number of carbonyl (C=O) groups excluding carboxylic acids is 1. The number of nitrogens with one attached hydrogen (secondary N) is 1. The second kappa shape index (κ2) is 9.19. The molecule has 1 N–H and O–H groups in total. The highest BCUT2D eigenvalue weighted by atomic mass is 16.5. The fraction of sp³-hybridized carbons (Fsp3) is 0.346. The second-order valence-electron chi connectivity index (χ2n) is 8.87. The fourth-order valence-corrected chi connectivity index (χ4v) is 5.36. The van der Waals surface area contributed by atoms with Crippen LogP contribution in [0.2, 0.25) is 0 Å². The maximum absolute atomic E-state index is 13.1. The molecule has 0 radical (unpaired) electrons. The molecule has 2 aliphatic rings. The lowest BCUT2D eigenvalue weighted by atomic mass is 9.81. The summed E-state index contributed by atoms with van der Waals surface area (Å²) < 4.78 is 5.35. The number of carbonyl (C=O) groups is 1. The van der Waals surface area contributed by atoms with Crippen LogP contribution in [-0.2, 0) is 6.54 Å². The molecule has 0 saturated carbocycles. The van der Waals surface area contributed by atoms with E-state index in [0.29, 0.717) is 31.0 Å². The molecule has 0 aliphatic carbocycles. The largest absolute Gasteiger partial charge is 0.497 e. The van der Waals surface area contributed by atoms with Crippen LogP contribution in [0.5, 0.6) is 5.75 Å². The topological polar surface area (TPSA) is 78.5 Å². The van der Waals surface area contributed by atoms with E-state index in [4.69, 9.17) is 4.74 Å². The fourth-order valence-electron chi connectivity index (χ4n) is 5.36. The van der Waals surface area contributed by atoms with E-state index in [2.05, 4.69) is 51.5 Å². The van der Waals surface area contributed by atoms with Crippen molar-refractivity contribution in [1.82, 2.24) is 20.0 Å². The lowest BCUT2D eigenvalue weighted by Crippen LogP contribution is -2.48. The van der Waals surface area contributed by atoms with E-state index in [1.165, 1.54) is 23.3 Å². The SMILES string of the molecule is COc1ccc([C@H]2CN(Cc3ccccc3)[C@@H]3CCN(C(=O)c4ccc(=O)[nH]n4)C[C@H]23)cc1. The molecular formula is C26H28N4O3. The Balaban J connectivity index is 1.40. The predicted octanol–water partition coefficient (Wildman–Crippen LogP) is 2.91. The van der Waals surface area contributed by atoms with Gasteiger partial charge < -0.3 is 9.64 Å². The summed E-state index contributed by atoms with van der Waals surface area (Å²) in [5.41, 5.74) is 2.56. The number of ether oxygens (including phenoxy) is 1. The number of rotatable bonds is 5. The molecule has 7 nitrogen and oxygen atoms in total. The van der Waals surface area contributed by atoms with Crippen molar-refractivity contribution in [3.05, 3.63) is 93.9 Å². The molecule has 0 unspecified atom stereocenters. The van der Waals surface area contributed by atoms with Crippen LogP contribution in [0.4, 0.5) is 0 Å². The number of aromatic amines is 1. The highest BCUT2D eigenvalue weighted by Gasteiger charge is 2.46. The van der Waals surface area contributed by atoms with Crippen molar-refractivity contribution in [2.45, 2.75) is 24.9 Å². The molecule has 3 atom stereocenters. The van der Waals surface area contributed by atoms with Crippen LogP contribution >= 0.6 is 0 Å². The van der Waals surface area contributed by atoms with E-state index in [-0.39, 0.29) is 17.2 Å². The van der Waals surface area contributed by atoms with Crippen LogP contribution < -0.4 is 10.3 Å². The number of likely N-dealkylation sites (tertiary alicyclic amines) is 2. The first-order valence-electron chi connectivity index (χ1n) is 11.4. The lowest BCUT2D eigenvalue weighted by Gasteiger charge is -2.39. The average Bonchev–Trinajstić information content (AvgIpc) is 3.22. The van der Waals surface area contributed by atoms with Crippen molar-refractivity contribution in [2.75, 3.05) is 26.7 Å². The maximum atomic E-state index is 13.1. The third-order valence-electron chi connectivity index (χ3n) is 7.00. The monoisotopic (exact) mass is 444 g/mol. The van der Waals surface area contributed by atoms with E-state index in [1.807, 2.05) is 23.1 Å². The van der Waals surface area contributed by atoms with Gasteiger partial charge in [0, 0.05) is 50.1 Å². The third-order valence-corrected chi connectivity index (χ3v) is 7.00. The summed E-state index contributed by atoms with van der Waals surface area (Å²) in [6, 6.07) is 22.2. The van der Waals surface area contributed by atoms with E-state index in [0.717, 1.165) is 25.3 Å². The Labute approximate surface area is 193 Å². The van der Waals surface area contributed by atoms with Gasteiger partial charge in [-0.1, -0.05) is 42.5 Å². The Hall–Kier alpha value is -3.45. The van der Waals surface area contributed by atoms with Gasteiger partial charge in [-0.3, -0.25) is 14.5 Å². The van der Waals surface area contributed by atoms with Gasteiger partial charge in [-0.2, -0.15) is 5.10 Å². The van der Waals surface area contributed by atoms with Gasteiger partial charge in [0.25, 0.3) is 11.5 Å². The Morgan fingerprint density at radius 3 is 2.55 bits per heavy atom. The summed E-state index contributed by atoms with van der Waals surface area (Å²) >= 11 is 0. The number of hydrogen-bond donors (Lipinski definition) is 1. The molecule has 2 aliphatic heterocycles. The van der Waals surface area contributed by atoms with Gasteiger partial charge >= 0.3 is 0 Å². The van der Waals surface area contributed by atoms with E-state index in [1.54, 1.807) is 7.11 Å². The minimum atomic E-state index is -0.308. The third kappa shape index (κ3) is 4.41. The first-order chi connectivity index (χ1) is 16.1. The van der Waals surface area contributed by atoms with Gasteiger partial charge in [-0.05, 0) is 35.7 Å². The zero-order valence-corrected chi connectivity index (χ0v) is 18.7. The maximum Gasteiger partial charge on any atom is 0.274 e. The lowest BCUT2D eigenvalue weighted by molar-refractivity contribution is 0.0577. The standard InChI is InChI=1S/C26H28N4O3/c1-33-20-9-7-19(8-10-20)21-16-30(15-18-5-3-2-4-6-18)24-13-14-29(17-22(21)24)26(32)23-11-12-25(31)28-27-23/h2-12,21-22,24H,13-17H2,1H3,(H,28,31)/t21-,22-,24-/m1/s1. The molecule has 2 aromatic carbocycles. The van der Waals surface area contributed by atoms with Crippen molar-refractivity contribution >= 4 is 5.91 Å². The average molecular weight is 445 g/mol. The number of methoxy groups -OCH3 is 1. The summed E-state index contributed by atoms with van der Waals surface area (Å²) in [5.74, 6) is 1.37. The molecule has 2 saturated heterocycles. The molecular weight excluding hydrogens is 416 g/mol. The number of amides is 1. The molecule has 7 heteroatoms. The first-order valence-corrected chi connectivity index (χ1v) is 11.4. The van der Waals surface area contributed by atoms with Crippen molar-refractivity contribution in [3.8, 4) is 5.75 Å². The summed E-state index contributed by atoms with van der Waals surface area (Å²) in [5, 5.41) is 6.33. The van der Waals surface area contributed by atoms with Crippen LogP contribution in [0.25, 0.3) is 0 Å². The number of hydrogen-bond acceptors (Lipinski definition) is 5. The van der Waals surface area contributed by atoms with Gasteiger partial charge in [0.2, 0.25) is 0 Å². The van der Waals surface area contributed by atoms with Gasteiger partial charge in [-0.25, -0.2) is 5.10 Å². The summed E-state index contributed by atoms with van der Waals surface area (Å²) in [6.07, 6.45) is 0.916. The van der Waals surface area contributed by atoms with Gasteiger partial charge in [0.05, 0.1) is 7.11 Å². The Kier molecular flexibility index (Phi) is 5.96. The van der Waals surface area contributed by atoms with Crippen molar-refractivity contribution in [1.29, 1.82) is 0 Å². The molecule has 3 aromatic rings. The molecule has 0 spiro atoms. The van der Waals surface area contributed by atoms with Gasteiger partial charge in [-0.15, -0.1) is 0 Å². The van der Waals surface area contributed by atoms with Crippen LogP contribution in [0.1, 0.15) is 34.0 Å². The molecule has 1 amide bonds. The van der Waals surface area contributed by atoms with Crippen LogP contribution in [-0.4, -0.2) is 58.7 Å². The summed E-state index contributed by atoms with van der Waals surface area (Å²) in [4.78, 5) is 28.9. The van der Waals surface area contributed by atoms with Crippen molar-refractivity contribution < 1.29 is 9.53 Å². The normalized spacial score (nSPS) is 22.7. The second-order valence-corrected chi connectivity index (χ2v) is 8.87. The summed E-state index contributed by atoms with van der Waals surface area (Å²) in [7, 11) is 1.68. The minimum absolute atomic E-state index is 0.125. The zero-order valence-electron chi connectivity index (χ0n) is 18.7. The molecule has 33 heavy (non-hydrogen) atoms. The Bertz CT molecular complexity index is 1140. The molecule has 170 valence electrons. The Morgan fingerprint density at radius 2 is 1.85 bits per heavy atom. The van der Waals surface area contributed by atoms with Crippen molar-refractivity contribution in [3.63, 3.8) is 0 Å². The van der Waals surface area contributed by atoms with Crippen LogP contribution in [0, 0.1) is 5.92 Å². The molecule has 2 fully saturated rings. The zero-order chi connectivity index (χ0) is 22.8. The number of aromatic nitrogens is 2. The number of benzene rings is 2. The van der Waals surface area contributed by atoms with Crippen LogP contribution in [0.3, 0.4) is 0 Å². The number of nitrogens with zero attached hydrogens (tertiary/aromatic N) is 3. The van der Waals surface area contributed by atoms with Gasteiger partial charge in [0.15, 0.2) is 0 Å². The predicted molar refractivity (Wildman–Crippen MR) is 125 cm³/mol. The summed E-state index contributed by atoms with van der Waals surface area (Å²) in [6.45, 7) is 3.22. The first kappa shape index (κ1) is 21.4. The van der Waals surface area contributed by atoms with Crippen LogP contribution in [0.15, 0.2) is 71.5 Å². The van der Waals surface area contributed by atoms with E-state index >= 15 is 0 Å². The highest BCUT2D eigenvalue weighted by Crippen LogP contribution is 2.42. The number of fused-ring (bicyclic) bond motifs is 1. The quantitative estimate of drug-likeness (QED) is 0.655. The molecule has 1 aromatic heterocycles. The smallest absolute Gasteiger partial charge is 0.274 e. The minimum Gasteiger partial charge on any atom is -0.497 e. The van der Waals surface area contributed by atoms with E-state index in [9.17, 15) is 9.59 Å². The molecule has 3 heterocycles. The molecule has 5 rings (SSSR count). The van der Waals surface area contributed by atoms with Crippen molar-refractivity contribution in [2.24, 2.45) is 5.92 Å². The number of H-pyrrole nitrogens is 1. The van der Waals surface area contributed by atoms with E-state index < -0.39 is 0 Å².